The molecule has 0 saturated heterocycles. The van der Waals surface area contributed by atoms with E-state index < -0.39 is 5.60 Å². The quantitative estimate of drug-likeness (QED) is 0.546. The molecule has 66 valence electrons. The van der Waals surface area contributed by atoms with Crippen molar-refractivity contribution in [1.82, 2.24) is 10.2 Å². The number of H-pyrrole nitrogens is 1. The van der Waals surface area contributed by atoms with E-state index in [0.29, 0.717) is 0 Å². The highest BCUT2D eigenvalue weighted by Crippen LogP contribution is 2.32. The predicted molar refractivity (Wildman–Crippen MR) is 44.5 cm³/mol. The summed E-state index contributed by atoms with van der Waals surface area (Å²) in [4.78, 5) is 0. The zero-order chi connectivity index (χ0) is 8.60. The Labute approximate surface area is 70.8 Å². The fourth-order valence-electron chi connectivity index (χ4n) is 1.80. The van der Waals surface area contributed by atoms with Crippen molar-refractivity contribution in [2.75, 3.05) is 6.54 Å². The van der Waals surface area contributed by atoms with Crippen LogP contribution in [0.25, 0.3) is 0 Å². The highest BCUT2D eigenvalue weighted by Gasteiger charge is 2.34. The van der Waals surface area contributed by atoms with E-state index in [1.807, 2.05) is 0 Å². The molecule has 0 bridgehead atoms. The molecular formula is C8H13N3O. The minimum Gasteiger partial charge on any atom is -0.382 e. The van der Waals surface area contributed by atoms with Crippen molar-refractivity contribution >= 4 is 0 Å². The van der Waals surface area contributed by atoms with Crippen LogP contribution in [-0.2, 0) is 12.0 Å². The van der Waals surface area contributed by atoms with Gasteiger partial charge < -0.3 is 10.8 Å². The molecule has 1 aromatic rings. The lowest BCUT2D eigenvalue weighted by atomic mass is 9.84. The summed E-state index contributed by atoms with van der Waals surface area (Å²) in [6.45, 7) is 0.266. The first kappa shape index (κ1) is 7.76. The van der Waals surface area contributed by atoms with Crippen LogP contribution in [0.2, 0.25) is 0 Å². The maximum absolute atomic E-state index is 10.0. The zero-order valence-corrected chi connectivity index (χ0v) is 6.88. The van der Waals surface area contributed by atoms with Gasteiger partial charge >= 0.3 is 0 Å². The SMILES string of the molecule is NCC1(O)CCCc2cn[nH]c21. The molecule has 0 fully saturated rings. The molecule has 0 aliphatic heterocycles. The molecule has 4 heteroatoms. The molecule has 1 aliphatic carbocycles. The largest absolute Gasteiger partial charge is 0.382 e. The standard InChI is InChI=1S/C8H13N3O/c9-5-8(12)3-1-2-6-4-10-11-7(6)8/h4,12H,1-3,5,9H2,(H,10,11). The lowest BCUT2D eigenvalue weighted by molar-refractivity contribution is 0.0237. The number of nitrogens with zero attached hydrogens (tertiary/aromatic N) is 1. The van der Waals surface area contributed by atoms with E-state index in [9.17, 15) is 5.11 Å². The molecule has 0 amide bonds. The smallest absolute Gasteiger partial charge is 0.118 e. The fraction of sp³-hybridized carbons (Fsp3) is 0.625. The topological polar surface area (TPSA) is 74.9 Å². The van der Waals surface area contributed by atoms with E-state index in [0.717, 1.165) is 30.5 Å². The van der Waals surface area contributed by atoms with Gasteiger partial charge in [0.05, 0.1) is 11.9 Å². The summed E-state index contributed by atoms with van der Waals surface area (Å²) in [5.74, 6) is 0. The monoisotopic (exact) mass is 167 g/mol. The molecule has 4 N–H and O–H groups in total. The summed E-state index contributed by atoms with van der Waals surface area (Å²) < 4.78 is 0. The van der Waals surface area contributed by atoms with Crippen molar-refractivity contribution in [3.05, 3.63) is 17.5 Å². The van der Waals surface area contributed by atoms with Gasteiger partial charge in [0.25, 0.3) is 0 Å². The first-order valence-corrected chi connectivity index (χ1v) is 4.21. The van der Waals surface area contributed by atoms with Crippen LogP contribution in [0.5, 0.6) is 0 Å². The number of nitrogens with two attached hydrogens (primary N) is 1. The van der Waals surface area contributed by atoms with Crippen LogP contribution in [0.4, 0.5) is 0 Å². The maximum atomic E-state index is 10.0. The summed E-state index contributed by atoms with van der Waals surface area (Å²) in [5.41, 5.74) is 6.58. The van der Waals surface area contributed by atoms with E-state index in [1.54, 1.807) is 6.20 Å². The third-order valence-corrected chi connectivity index (χ3v) is 2.56. The van der Waals surface area contributed by atoms with Crippen LogP contribution in [0, 0.1) is 0 Å². The molecule has 1 aliphatic rings. The second kappa shape index (κ2) is 2.57. The van der Waals surface area contributed by atoms with Gasteiger partial charge in [0.15, 0.2) is 0 Å². The third kappa shape index (κ3) is 0.956. The normalized spacial score (nSPS) is 28.5. The van der Waals surface area contributed by atoms with Crippen molar-refractivity contribution in [3.8, 4) is 0 Å². The molecule has 0 saturated carbocycles. The Morgan fingerprint density at radius 3 is 3.33 bits per heavy atom. The van der Waals surface area contributed by atoms with Gasteiger partial charge in [-0.3, -0.25) is 5.10 Å². The van der Waals surface area contributed by atoms with Gasteiger partial charge in [-0.1, -0.05) is 0 Å². The van der Waals surface area contributed by atoms with Gasteiger partial charge in [-0.05, 0) is 24.8 Å². The Morgan fingerprint density at radius 2 is 2.58 bits per heavy atom. The molecule has 1 heterocycles. The molecule has 0 spiro atoms. The number of nitrogens with one attached hydrogen (secondary N) is 1. The Bertz CT molecular complexity index is 284. The van der Waals surface area contributed by atoms with Crippen molar-refractivity contribution in [3.63, 3.8) is 0 Å². The molecule has 1 atom stereocenters. The molecule has 1 unspecified atom stereocenters. The molecule has 0 radical (unpaired) electrons. The maximum Gasteiger partial charge on any atom is 0.118 e. The van der Waals surface area contributed by atoms with E-state index >= 15 is 0 Å². The number of fused-ring (bicyclic) bond motifs is 1. The zero-order valence-electron chi connectivity index (χ0n) is 6.88. The summed E-state index contributed by atoms with van der Waals surface area (Å²) in [5, 5.41) is 16.8. The van der Waals surface area contributed by atoms with Crippen LogP contribution < -0.4 is 5.73 Å². The fourth-order valence-corrected chi connectivity index (χ4v) is 1.80. The Morgan fingerprint density at radius 1 is 1.75 bits per heavy atom. The number of hydrogen-bond donors (Lipinski definition) is 3. The number of rotatable bonds is 1. The minimum absolute atomic E-state index is 0.266. The van der Waals surface area contributed by atoms with E-state index in [1.165, 1.54) is 0 Å². The highest BCUT2D eigenvalue weighted by atomic mass is 16.3. The average Bonchev–Trinajstić information content (AvgIpc) is 2.54. The Kier molecular flexibility index (Phi) is 1.66. The van der Waals surface area contributed by atoms with E-state index in [2.05, 4.69) is 10.2 Å². The predicted octanol–water partition coefficient (Wildman–Crippen LogP) is -0.108. The van der Waals surface area contributed by atoms with Crippen molar-refractivity contribution in [2.45, 2.75) is 24.9 Å². The van der Waals surface area contributed by atoms with Crippen LogP contribution >= 0.6 is 0 Å². The van der Waals surface area contributed by atoms with Gasteiger partial charge in [0, 0.05) is 6.54 Å². The van der Waals surface area contributed by atoms with Crippen LogP contribution in [-0.4, -0.2) is 21.8 Å². The highest BCUT2D eigenvalue weighted by molar-refractivity contribution is 5.26. The molecule has 4 nitrogen and oxygen atoms in total. The molecule has 12 heavy (non-hydrogen) atoms. The van der Waals surface area contributed by atoms with Gasteiger partial charge in [-0.25, -0.2) is 0 Å². The number of aromatic amines is 1. The van der Waals surface area contributed by atoms with E-state index in [4.69, 9.17) is 5.73 Å². The Balaban J connectivity index is 2.44. The molecular weight excluding hydrogens is 154 g/mol. The number of aromatic nitrogens is 2. The van der Waals surface area contributed by atoms with Gasteiger partial charge in [0.2, 0.25) is 0 Å². The van der Waals surface area contributed by atoms with Gasteiger partial charge in [-0.2, -0.15) is 5.10 Å². The lowest BCUT2D eigenvalue weighted by Crippen LogP contribution is -2.38. The first-order valence-electron chi connectivity index (χ1n) is 4.21. The summed E-state index contributed by atoms with van der Waals surface area (Å²) in [6.07, 6.45) is 4.49. The number of aryl methyl sites for hydroxylation is 1. The van der Waals surface area contributed by atoms with Crippen molar-refractivity contribution < 1.29 is 5.11 Å². The van der Waals surface area contributed by atoms with Gasteiger partial charge in [-0.15, -0.1) is 0 Å². The van der Waals surface area contributed by atoms with Gasteiger partial charge in [0.1, 0.15) is 5.60 Å². The second-order valence-corrected chi connectivity index (χ2v) is 3.36. The second-order valence-electron chi connectivity index (χ2n) is 3.36. The third-order valence-electron chi connectivity index (χ3n) is 2.56. The van der Waals surface area contributed by atoms with Crippen LogP contribution in [0.15, 0.2) is 6.20 Å². The summed E-state index contributed by atoms with van der Waals surface area (Å²) >= 11 is 0. The van der Waals surface area contributed by atoms with E-state index in [-0.39, 0.29) is 6.54 Å². The lowest BCUT2D eigenvalue weighted by Gasteiger charge is -2.30. The first-order chi connectivity index (χ1) is 5.76. The molecule has 1 aromatic heterocycles. The van der Waals surface area contributed by atoms with Crippen molar-refractivity contribution in [1.29, 1.82) is 0 Å². The number of hydrogen-bond acceptors (Lipinski definition) is 3. The Hall–Kier alpha value is -0.870. The summed E-state index contributed by atoms with van der Waals surface area (Å²) in [6, 6.07) is 0. The van der Waals surface area contributed by atoms with Crippen LogP contribution in [0.3, 0.4) is 0 Å². The van der Waals surface area contributed by atoms with Crippen molar-refractivity contribution in [2.24, 2.45) is 5.73 Å². The average molecular weight is 167 g/mol. The number of aliphatic hydroxyl groups is 1. The molecule has 0 aromatic carbocycles. The summed E-state index contributed by atoms with van der Waals surface area (Å²) in [7, 11) is 0. The minimum atomic E-state index is -0.857. The molecule has 2 rings (SSSR count). The van der Waals surface area contributed by atoms with Crippen LogP contribution in [0.1, 0.15) is 24.1 Å².